The zero-order valence-corrected chi connectivity index (χ0v) is 9.54. The number of carboxylic acids is 1. The Morgan fingerprint density at radius 2 is 2.29 bits per heavy atom. The van der Waals surface area contributed by atoms with Crippen LogP contribution in [-0.2, 0) is 9.59 Å². The monoisotopic (exact) mass is 254 g/mol. The highest BCUT2D eigenvalue weighted by Crippen LogP contribution is 2.22. The molecule has 0 aliphatic carbocycles. The number of carbonyl (C=O) groups excluding carboxylic acids is 2. The van der Waals surface area contributed by atoms with E-state index in [1.54, 1.807) is 5.38 Å². The molecule has 1 atom stereocenters. The number of nitrogens with one attached hydrogen (secondary N) is 2. The van der Waals surface area contributed by atoms with E-state index in [2.05, 4.69) is 10.6 Å². The van der Waals surface area contributed by atoms with E-state index in [1.165, 1.54) is 6.07 Å². The van der Waals surface area contributed by atoms with E-state index in [0.29, 0.717) is 12.8 Å². The largest absolute Gasteiger partial charge is 0.477 e. The molecule has 2 amide bonds. The fourth-order valence-corrected chi connectivity index (χ4v) is 2.29. The minimum atomic E-state index is -1.08. The summed E-state index contributed by atoms with van der Waals surface area (Å²) in [5.41, 5.74) is 0.272. The second-order valence-corrected chi connectivity index (χ2v) is 4.53. The lowest BCUT2D eigenvalue weighted by Crippen LogP contribution is -2.37. The van der Waals surface area contributed by atoms with Gasteiger partial charge in [0, 0.05) is 6.42 Å². The molecule has 1 aromatic heterocycles. The number of rotatable bonds is 3. The summed E-state index contributed by atoms with van der Waals surface area (Å²) >= 11 is 1.04. The summed E-state index contributed by atoms with van der Waals surface area (Å²) in [6, 6.07) is 0.965. The first-order valence-corrected chi connectivity index (χ1v) is 5.87. The number of amides is 2. The van der Waals surface area contributed by atoms with Crippen LogP contribution >= 0.6 is 11.3 Å². The summed E-state index contributed by atoms with van der Waals surface area (Å²) in [6.07, 6.45) is 0.769. The summed E-state index contributed by atoms with van der Waals surface area (Å²) in [5, 5.41) is 15.5. The highest BCUT2D eigenvalue weighted by molar-refractivity contribution is 7.12. The third-order valence-electron chi connectivity index (χ3n) is 2.43. The highest BCUT2D eigenvalue weighted by Gasteiger charge is 2.28. The van der Waals surface area contributed by atoms with E-state index in [0.717, 1.165) is 11.3 Å². The maximum absolute atomic E-state index is 11.7. The lowest BCUT2D eigenvalue weighted by Gasteiger charge is -2.10. The third-order valence-corrected chi connectivity index (χ3v) is 3.33. The Morgan fingerprint density at radius 1 is 1.53 bits per heavy atom. The molecule has 7 heteroatoms. The van der Waals surface area contributed by atoms with Gasteiger partial charge in [0.25, 0.3) is 0 Å². The van der Waals surface area contributed by atoms with Crippen molar-refractivity contribution in [3.63, 3.8) is 0 Å². The number of aromatic carboxylic acids is 1. The van der Waals surface area contributed by atoms with Gasteiger partial charge in [-0.15, -0.1) is 11.3 Å². The van der Waals surface area contributed by atoms with Crippen molar-refractivity contribution in [3.05, 3.63) is 16.3 Å². The number of hydrogen-bond acceptors (Lipinski definition) is 4. The molecule has 0 unspecified atom stereocenters. The molecule has 17 heavy (non-hydrogen) atoms. The topological polar surface area (TPSA) is 95.5 Å². The molecule has 0 radical (unpaired) electrons. The van der Waals surface area contributed by atoms with E-state index in [9.17, 15) is 14.4 Å². The van der Waals surface area contributed by atoms with E-state index in [1.807, 2.05) is 0 Å². The first kappa shape index (κ1) is 11.6. The average Bonchev–Trinajstić information content (AvgIpc) is 2.86. The van der Waals surface area contributed by atoms with E-state index in [4.69, 9.17) is 5.11 Å². The van der Waals surface area contributed by atoms with Crippen LogP contribution in [0.5, 0.6) is 0 Å². The molecule has 1 saturated heterocycles. The van der Waals surface area contributed by atoms with Crippen LogP contribution in [0, 0.1) is 0 Å². The van der Waals surface area contributed by atoms with Crippen LogP contribution in [0.1, 0.15) is 22.5 Å². The zero-order valence-electron chi connectivity index (χ0n) is 8.73. The van der Waals surface area contributed by atoms with Crippen molar-refractivity contribution in [2.45, 2.75) is 18.9 Å². The van der Waals surface area contributed by atoms with E-state index >= 15 is 0 Å². The summed E-state index contributed by atoms with van der Waals surface area (Å²) in [6.45, 7) is 0. The van der Waals surface area contributed by atoms with Gasteiger partial charge in [-0.3, -0.25) is 9.59 Å². The van der Waals surface area contributed by atoms with Crippen LogP contribution < -0.4 is 10.6 Å². The summed E-state index contributed by atoms with van der Waals surface area (Å²) in [5.74, 6) is -1.61. The number of hydrogen-bond donors (Lipinski definition) is 3. The van der Waals surface area contributed by atoms with Crippen molar-refractivity contribution in [2.24, 2.45) is 0 Å². The third kappa shape index (κ3) is 2.44. The van der Waals surface area contributed by atoms with Crippen molar-refractivity contribution in [2.75, 3.05) is 5.32 Å². The smallest absolute Gasteiger partial charge is 0.348 e. The van der Waals surface area contributed by atoms with Crippen molar-refractivity contribution in [1.82, 2.24) is 5.32 Å². The fraction of sp³-hybridized carbons (Fsp3) is 0.300. The molecule has 1 fully saturated rings. The first-order valence-electron chi connectivity index (χ1n) is 4.99. The highest BCUT2D eigenvalue weighted by atomic mass is 32.1. The molecule has 1 aromatic rings. The molecule has 1 aliphatic rings. The van der Waals surface area contributed by atoms with Crippen molar-refractivity contribution in [3.8, 4) is 0 Å². The van der Waals surface area contributed by atoms with Crippen LogP contribution in [0.15, 0.2) is 11.4 Å². The minimum absolute atomic E-state index is 0.0858. The second kappa shape index (κ2) is 4.54. The normalized spacial score (nSPS) is 18.8. The molecule has 0 aromatic carbocycles. The quantitative estimate of drug-likeness (QED) is 0.738. The van der Waals surface area contributed by atoms with Crippen LogP contribution in [0.2, 0.25) is 0 Å². The van der Waals surface area contributed by atoms with Crippen LogP contribution in [0.4, 0.5) is 5.69 Å². The van der Waals surface area contributed by atoms with Crippen molar-refractivity contribution in [1.29, 1.82) is 0 Å². The maximum atomic E-state index is 11.7. The van der Waals surface area contributed by atoms with Gasteiger partial charge in [-0.25, -0.2) is 4.79 Å². The summed E-state index contributed by atoms with van der Waals surface area (Å²) < 4.78 is 0. The molecular formula is C10H10N2O4S. The molecule has 2 heterocycles. The van der Waals surface area contributed by atoms with Gasteiger partial charge >= 0.3 is 5.97 Å². The molecule has 0 spiro atoms. The lowest BCUT2D eigenvalue weighted by atomic mass is 10.2. The Balaban J connectivity index is 2.05. The molecule has 1 aliphatic heterocycles. The van der Waals surface area contributed by atoms with Gasteiger partial charge in [-0.2, -0.15) is 0 Å². The van der Waals surface area contributed by atoms with Crippen LogP contribution in [0.25, 0.3) is 0 Å². The maximum Gasteiger partial charge on any atom is 0.348 e. The fourth-order valence-electron chi connectivity index (χ4n) is 1.60. The van der Waals surface area contributed by atoms with Gasteiger partial charge in [0.2, 0.25) is 11.8 Å². The number of carbonyl (C=O) groups is 3. The van der Waals surface area contributed by atoms with Crippen molar-refractivity contribution < 1.29 is 19.5 Å². The number of thiophene rings is 1. The Kier molecular flexibility index (Phi) is 3.10. The number of anilines is 1. The molecule has 6 nitrogen and oxygen atoms in total. The molecule has 2 rings (SSSR count). The number of carboxylic acid groups (broad SMARTS) is 1. The van der Waals surface area contributed by atoms with Gasteiger partial charge in [-0.05, 0) is 17.9 Å². The molecule has 0 saturated carbocycles. The average molecular weight is 254 g/mol. The zero-order chi connectivity index (χ0) is 12.4. The Labute approximate surface area is 101 Å². The summed E-state index contributed by atoms with van der Waals surface area (Å²) in [7, 11) is 0. The van der Waals surface area contributed by atoms with Gasteiger partial charge < -0.3 is 15.7 Å². The van der Waals surface area contributed by atoms with Gasteiger partial charge in [0.1, 0.15) is 10.9 Å². The lowest BCUT2D eigenvalue weighted by molar-refractivity contribution is -0.122. The minimum Gasteiger partial charge on any atom is -0.477 e. The second-order valence-electron chi connectivity index (χ2n) is 3.62. The van der Waals surface area contributed by atoms with Gasteiger partial charge in [0.05, 0.1) is 5.69 Å². The Bertz CT molecular complexity index is 482. The first-order chi connectivity index (χ1) is 8.08. The molecule has 90 valence electrons. The predicted molar refractivity (Wildman–Crippen MR) is 61.1 cm³/mol. The van der Waals surface area contributed by atoms with E-state index in [-0.39, 0.29) is 22.4 Å². The summed E-state index contributed by atoms with van der Waals surface area (Å²) in [4.78, 5) is 33.6. The Hall–Kier alpha value is -1.89. The van der Waals surface area contributed by atoms with Crippen LogP contribution in [-0.4, -0.2) is 28.9 Å². The van der Waals surface area contributed by atoms with Crippen LogP contribution in [0.3, 0.4) is 0 Å². The molecule has 3 N–H and O–H groups in total. The van der Waals surface area contributed by atoms with Gasteiger partial charge in [0.15, 0.2) is 0 Å². The molecule has 0 bridgehead atoms. The standard InChI is InChI=1S/C10H10N2O4S/c13-7-2-1-6(11-7)9(14)12-5-3-4-17-8(5)10(15)16/h3-4,6H,1-2H2,(H,11,13)(H,12,14)(H,15,16)/t6-/m0/s1. The predicted octanol–water partition coefficient (Wildman–Crippen LogP) is 0.663. The Morgan fingerprint density at radius 3 is 2.88 bits per heavy atom. The van der Waals surface area contributed by atoms with E-state index < -0.39 is 12.0 Å². The van der Waals surface area contributed by atoms with Crippen molar-refractivity contribution >= 4 is 34.8 Å². The van der Waals surface area contributed by atoms with Gasteiger partial charge in [-0.1, -0.05) is 0 Å². The molecular weight excluding hydrogens is 244 g/mol. The SMILES string of the molecule is O=C1CC[C@@H](C(=O)Nc2ccsc2C(=O)O)N1.